The Morgan fingerprint density at radius 2 is 1.77 bits per heavy atom. The van der Waals surface area contributed by atoms with Crippen LogP contribution in [0.3, 0.4) is 0 Å². The summed E-state index contributed by atoms with van der Waals surface area (Å²) < 4.78 is 5.77. The number of piperidine rings is 1. The van der Waals surface area contributed by atoms with E-state index in [1.807, 2.05) is 12.3 Å². The van der Waals surface area contributed by atoms with Gasteiger partial charge in [0.2, 0.25) is 5.91 Å². The van der Waals surface area contributed by atoms with Gasteiger partial charge in [-0.05, 0) is 87.9 Å². The molecule has 1 amide bonds. The number of fused-ring (bicyclic) bond motifs is 1. The van der Waals surface area contributed by atoms with Crippen LogP contribution in [0, 0.1) is 11.3 Å². The quantitative estimate of drug-likeness (QED) is 0.608. The number of benzene rings is 1. The van der Waals surface area contributed by atoms with E-state index in [4.69, 9.17) is 4.42 Å². The molecule has 1 saturated heterocycles. The molecule has 0 spiro atoms. The van der Waals surface area contributed by atoms with E-state index in [1.54, 1.807) is 0 Å². The Bertz CT molecular complexity index is 849. The third-order valence-corrected chi connectivity index (χ3v) is 7.29. The zero-order chi connectivity index (χ0) is 21.8. The molecular weight excluding hydrogens is 384 g/mol. The third kappa shape index (κ3) is 6.12. The Hall–Kier alpha value is -1.81. The summed E-state index contributed by atoms with van der Waals surface area (Å²) >= 11 is 0. The zero-order valence-corrected chi connectivity index (χ0v) is 19.7. The molecule has 2 heterocycles. The SMILES string of the molecule is CC(C)(C)CC(=O)N[C@H]1CC[C@H](CCN2CCC(c3coc4ccccc34)CC2)CC1. The highest BCUT2D eigenvalue weighted by Gasteiger charge is 2.26. The van der Waals surface area contributed by atoms with Crippen molar-refractivity contribution in [2.45, 2.75) is 84.1 Å². The van der Waals surface area contributed by atoms with Gasteiger partial charge in [0.15, 0.2) is 0 Å². The van der Waals surface area contributed by atoms with Gasteiger partial charge in [0.05, 0.1) is 6.26 Å². The first-order valence-corrected chi connectivity index (χ1v) is 12.4. The average molecular weight is 425 g/mol. The molecule has 2 aliphatic rings. The van der Waals surface area contributed by atoms with Crippen molar-refractivity contribution >= 4 is 16.9 Å². The van der Waals surface area contributed by atoms with Crippen LogP contribution >= 0.6 is 0 Å². The van der Waals surface area contributed by atoms with Gasteiger partial charge in [0.25, 0.3) is 0 Å². The minimum atomic E-state index is 0.0689. The summed E-state index contributed by atoms with van der Waals surface area (Å²) in [4.78, 5) is 14.9. The molecule has 31 heavy (non-hydrogen) atoms. The Morgan fingerprint density at radius 1 is 1.06 bits per heavy atom. The largest absolute Gasteiger partial charge is 0.464 e. The van der Waals surface area contributed by atoms with E-state index in [2.05, 4.69) is 49.2 Å². The van der Waals surface area contributed by atoms with Crippen molar-refractivity contribution in [2.24, 2.45) is 11.3 Å². The zero-order valence-electron chi connectivity index (χ0n) is 19.7. The molecule has 1 N–H and O–H groups in total. The van der Waals surface area contributed by atoms with Crippen LogP contribution in [0.15, 0.2) is 34.9 Å². The van der Waals surface area contributed by atoms with E-state index in [1.165, 1.54) is 62.7 Å². The number of rotatable bonds is 6. The molecule has 0 radical (unpaired) electrons. The number of hydrogen-bond donors (Lipinski definition) is 1. The van der Waals surface area contributed by atoms with Crippen molar-refractivity contribution in [3.8, 4) is 0 Å². The summed E-state index contributed by atoms with van der Waals surface area (Å²) in [6, 6.07) is 8.82. The molecule has 2 fully saturated rings. The fraction of sp³-hybridized carbons (Fsp3) is 0.667. The predicted octanol–water partition coefficient (Wildman–Crippen LogP) is 6.11. The van der Waals surface area contributed by atoms with E-state index >= 15 is 0 Å². The van der Waals surface area contributed by atoms with Crippen molar-refractivity contribution in [1.82, 2.24) is 10.2 Å². The number of carbonyl (C=O) groups is 1. The number of para-hydroxylation sites is 1. The van der Waals surface area contributed by atoms with E-state index in [0.29, 0.717) is 18.4 Å². The second-order valence-corrected chi connectivity index (χ2v) is 11.1. The Balaban J connectivity index is 1.15. The van der Waals surface area contributed by atoms with Gasteiger partial charge >= 0.3 is 0 Å². The fourth-order valence-corrected chi connectivity index (χ4v) is 5.50. The summed E-state index contributed by atoms with van der Waals surface area (Å²) in [6.45, 7) is 10.0. The second kappa shape index (κ2) is 9.77. The third-order valence-electron chi connectivity index (χ3n) is 7.29. The summed E-state index contributed by atoms with van der Waals surface area (Å²) in [5, 5.41) is 4.57. The highest BCUT2D eigenvalue weighted by atomic mass is 16.3. The average Bonchev–Trinajstić information content (AvgIpc) is 3.16. The molecule has 4 heteroatoms. The summed E-state index contributed by atoms with van der Waals surface area (Å²) in [5.74, 6) is 1.68. The molecule has 1 aliphatic heterocycles. The smallest absolute Gasteiger partial charge is 0.220 e. The predicted molar refractivity (Wildman–Crippen MR) is 127 cm³/mol. The standard InChI is InChI=1S/C27H40N2O2/c1-27(2,3)18-26(30)28-22-10-8-20(9-11-22)12-15-29-16-13-21(14-17-29)24-19-31-25-7-5-4-6-23(24)25/h4-7,19-22H,8-18H2,1-3H3,(H,28,30)/t20-,22-. The molecule has 170 valence electrons. The van der Waals surface area contributed by atoms with E-state index in [0.717, 1.165) is 24.3 Å². The normalized spacial score (nSPS) is 23.8. The van der Waals surface area contributed by atoms with Crippen molar-refractivity contribution < 1.29 is 9.21 Å². The van der Waals surface area contributed by atoms with E-state index < -0.39 is 0 Å². The first-order valence-electron chi connectivity index (χ1n) is 12.4. The first kappa shape index (κ1) is 22.4. The lowest BCUT2D eigenvalue weighted by Crippen LogP contribution is -2.39. The molecule has 1 aliphatic carbocycles. The Labute approximate surface area is 187 Å². The number of carbonyl (C=O) groups excluding carboxylic acids is 1. The summed E-state index contributed by atoms with van der Waals surface area (Å²) in [7, 11) is 0. The van der Waals surface area contributed by atoms with Crippen LogP contribution in [-0.4, -0.2) is 36.5 Å². The lowest BCUT2D eigenvalue weighted by Gasteiger charge is -2.34. The van der Waals surface area contributed by atoms with Gasteiger partial charge in [0.1, 0.15) is 5.58 Å². The molecule has 4 nitrogen and oxygen atoms in total. The fourth-order valence-electron chi connectivity index (χ4n) is 5.50. The lowest BCUT2D eigenvalue weighted by molar-refractivity contribution is -0.123. The van der Waals surface area contributed by atoms with Gasteiger partial charge in [-0.3, -0.25) is 4.79 Å². The monoisotopic (exact) mass is 424 g/mol. The maximum absolute atomic E-state index is 12.2. The van der Waals surface area contributed by atoms with Gasteiger partial charge in [0, 0.05) is 23.4 Å². The number of amides is 1. The molecule has 2 aromatic rings. The minimum absolute atomic E-state index is 0.0689. The molecule has 1 aromatic carbocycles. The number of hydrogen-bond acceptors (Lipinski definition) is 3. The van der Waals surface area contributed by atoms with Gasteiger partial charge in [-0.15, -0.1) is 0 Å². The van der Waals surface area contributed by atoms with E-state index in [-0.39, 0.29) is 11.3 Å². The van der Waals surface area contributed by atoms with Crippen LogP contribution in [0.2, 0.25) is 0 Å². The molecule has 0 bridgehead atoms. The minimum Gasteiger partial charge on any atom is -0.464 e. The van der Waals surface area contributed by atoms with Crippen LogP contribution in [-0.2, 0) is 4.79 Å². The summed E-state index contributed by atoms with van der Waals surface area (Å²) in [6.07, 6.45) is 11.2. The van der Waals surface area contributed by atoms with Crippen LogP contribution in [0.5, 0.6) is 0 Å². The Morgan fingerprint density at radius 3 is 2.48 bits per heavy atom. The topological polar surface area (TPSA) is 45.5 Å². The van der Waals surface area contributed by atoms with Gasteiger partial charge in [-0.25, -0.2) is 0 Å². The maximum atomic E-state index is 12.2. The number of nitrogens with zero attached hydrogens (tertiary/aromatic N) is 1. The second-order valence-electron chi connectivity index (χ2n) is 11.1. The van der Waals surface area contributed by atoms with Gasteiger partial charge < -0.3 is 14.6 Å². The van der Waals surface area contributed by atoms with Gasteiger partial charge in [-0.1, -0.05) is 39.0 Å². The van der Waals surface area contributed by atoms with Crippen LogP contribution in [0.1, 0.15) is 83.6 Å². The molecule has 0 unspecified atom stereocenters. The molecular formula is C27H40N2O2. The van der Waals surface area contributed by atoms with Crippen molar-refractivity contribution in [3.05, 3.63) is 36.1 Å². The van der Waals surface area contributed by atoms with Crippen LogP contribution in [0.25, 0.3) is 11.0 Å². The Kier molecular flexibility index (Phi) is 7.05. The molecule has 4 rings (SSSR count). The highest BCUT2D eigenvalue weighted by Crippen LogP contribution is 2.35. The van der Waals surface area contributed by atoms with Crippen molar-refractivity contribution in [1.29, 1.82) is 0 Å². The molecule has 1 aromatic heterocycles. The highest BCUT2D eigenvalue weighted by molar-refractivity contribution is 5.81. The van der Waals surface area contributed by atoms with Crippen molar-refractivity contribution in [3.63, 3.8) is 0 Å². The van der Waals surface area contributed by atoms with Crippen LogP contribution in [0.4, 0.5) is 0 Å². The lowest BCUT2D eigenvalue weighted by atomic mass is 9.83. The van der Waals surface area contributed by atoms with E-state index in [9.17, 15) is 4.79 Å². The first-order chi connectivity index (χ1) is 14.9. The molecule has 1 saturated carbocycles. The van der Waals surface area contributed by atoms with Gasteiger partial charge in [-0.2, -0.15) is 0 Å². The van der Waals surface area contributed by atoms with Crippen molar-refractivity contribution in [2.75, 3.05) is 19.6 Å². The summed E-state index contributed by atoms with van der Waals surface area (Å²) in [5.41, 5.74) is 2.49. The molecule has 0 atom stereocenters. The number of nitrogens with one attached hydrogen (secondary N) is 1. The maximum Gasteiger partial charge on any atom is 0.220 e. The number of likely N-dealkylation sites (tertiary alicyclic amines) is 1. The number of furan rings is 1. The van der Waals surface area contributed by atoms with Crippen LogP contribution < -0.4 is 5.32 Å².